The molecule has 0 amide bonds. The van der Waals surface area contributed by atoms with Gasteiger partial charge in [-0.25, -0.2) is 12.4 Å². The highest BCUT2D eigenvalue weighted by Gasteiger charge is 2.25. The van der Waals surface area contributed by atoms with Crippen molar-refractivity contribution in [3.8, 4) is 11.5 Å². The van der Waals surface area contributed by atoms with Crippen LogP contribution in [0, 0.1) is 13.8 Å². The van der Waals surface area contributed by atoms with E-state index in [4.69, 9.17) is 0 Å². The van der Waals surface area contributed by atoms with Gasteiger partial charge >= 0.3 is 0 Å². The lowest BCUT2D eigenvalue weighted by Gasteiger charge is -2.30. The van der Waals surface area contributed by atoms with E-state index >= 15 is 0 Å². The summed E-state index contributed by atoms with van der Waals surface area (Å²) in [4.78, 5) is 28.1. The third-order valence-electron chi connectivity index (χ3n) is 9.78. The fourth-order valence-electron chi connectivity index (χ4n) is 7.00. The van der Waals surface area contributed by atoms with E-state index in [-0.39, 0.29) is 21.8 Å². The normalized spacial score (nSPS) is 14.7. The van der Waals surface area contributed by atoms with Gasteiger partial charge in [-0.15, -0.1) is 0 Å². The quantitative estimate of drug-likeness (QED) is 0.248. The third kappa shape index (κ3) is 7.18. The number of nitrogens with zero attached hydrogens (tertiary/aromatic N) is 5. The lowest BCUT2D eigenvalue weighted by molar-refractivity contribution is 0.207. The van der Waals surface area contributed by atoms with Gasteiger partial charge in [-0.3, -0.25) is 19.4 Å². The SMILES string of the molecule is Cc1ccc(C)c(CN2CCn3cc(O)c(=O)cc3C2)c1.O=c1cc2n(cc1O)CCN(Cc1cc3ccccc3n1S(=O)(=O)c1ccccc1)C2. The predicted molar refractivity (Wildman–Crippen MR) is 200 cm³/mol. The zero-order valence-electron chi connectivity index (χ0n) is 29.1. The van der Waals surface area contributed by atoms with Gasteiger partial charge in [0.1, 0.15) is 0 Å². The number of para-hydroxylation sites is 1. The Balaban J connectivity index is 0.000000175. The van der Waals surface area contributed by atoms with Crippen LogP contribution in [0.5, 0.6) is 11.5 Å². The Hall–Kier alpha value is -5.43. The summed E-state index contributed by atoms with van der Waals surface area (Å²) in [7, 11) is -3.77. The summed E-state index contributed by atoms with van der Waals surface area (Å²) in [5.41, 5.74) is 6.27. The van der Waals surface area contributed by atoms with Crippen LogP contribution in [0.3, 0.4) is 0 Å². The van der Waals surface area contributed by atoms with Crippen molar-refractivity contribution in [2.24, 2.45) is 0 Å². The van der Waals surface area contributed by atoms with Crippen LogP contribution in [0.4, 0.5) is 0 Å². The molecule has 268 valence electrons. The van der Waals surface area contributed by atoms with Crippen molar-refractivity contribution in [1.29, 1.82) is 0 Å². The lowest BCUT2D eigenvalue weighted by Crippen LogP contribution is -2.35. The van der Waals surface area contributed by atoms with E-state index in [1.54, 1.807) is 42.6 Å². The highest BCUT2D eigenvalue weighted by molar-refractivity contribution is 7.90. The van der Waals surface area contributed by atoms with Crippen molar-refractivity contribution in [2.75, 3.05) is 13.1 Å². The van der Waals surface area contributed by atoms with Crippen molar-refractivity contribution < 1.29 is 18.6 Å². The van der Waals surface area contributed by atoms with Crippen LogP contribution in [0.1, 0.15) is 33.8 Å². The van der Waals surface area contributed by atoms with Crippen LogP contribution >= 0.6 is 0 Å². The predicted octanol–water partition coefficient (Wildman–Crippen LogP) is 4.95. The first kappa shape index (κ1) is 35.0. The zero-order valence-corrected chi connectivity index (χ0v) is 30.0. The molecule has 0 saturated carbocycles. The average molecular weight is 720 g/mol. The Morgan fingerprint density at radius 2 is 1.23 bits per heavy atom. The number of benzene rings is 3. The van der Waals surface area contributed by atoms with Crippen molar-refractivity contribution in [1.82, 2.24) is 22.9 Å². The summed E-state index contributed by atoms with van der Waals surface area (Å²) in [6, 6.07) is 27.3. The van der Waals surface area contributed by atoms with Crippen molar-refractivity contribution in [3.63, 3.8) is 0 Å². The van der Waals surface area contributed by atoms with Crippen molar-refractivity contribution in [3.05, 3.63) is 158 Å². The molecule has 12 heteroatoms. The van der Waals surface area contributed by atoms with E-state index < -0.39 is 15.5 Å². The molecule has 2 aliphatic heterocycles. The molecule has 0 spiro atoms. The minimum atomic E-state index is -3.77. The second kappa shape index (κ2) is 14.3. The number of aryl methyl sites for hydroxylation is 2. The molecule has 52 heavy (non-hydrogen) atoms. The average Bonchev–Trinajstić information content (AvgIpc) is 3.50. The van der Waals surface area contributed by atoms with Gasteiger partial charge in [0, 0.05) is 87.0 Å². The van der Waals surface area contributed by atoms with E-state index in [0.717, 1.165) is 43.0 Å². The van der Waals surface area contributed by atoms with Gasteiger partial charge in [-0.05, 0) is 49.2 Å². The van der Waals surface area contributed by atoms with Crippen molar-refractivity contribution >= 4 is 20.9 Å². The van der Waals surface area contributed by atoms with Gasteiger partial charge in [0.2, 0.25) is 10.9 Å². The Morgan fingerprint density at radius 1 is 0.654 bits per heavy atom. The lowest BCUT2D eigenvalue weighted by atomic mass is 10.0. The number of aromatic hydroxyl groups is 2. The maximum absolute atomic E-state index is 13.5. The second-order valence-electron chi connectivity index (χ2n) is 13.5. The van der Waals surface area contributed by atoms with Gasteiger partial charge < -0.3 is 19.3 Å². The molecule has 0 radical (unpaired) electrons. The van der Waals surface area contributed by atoms with Crippen LogP contribution in [-0.2, 0) is 49.3 Å². The summed E-state index contributed by atoms with van der Waals surface area (Å²) in [5.74, 6) is -0.423. The molecule has 6 aromatic rings. The minimum Gasteiger partial charge on any atom is -0.503 e. The first-order valence-corrected chi connectivity index (χ1v) is 18.7. The topological polar surface area (TPSA) is 130 Å². The van der Waals surface area contributed by atoms with E-state index in [9.17, 15) is 28.2 Å². The Morgan fingerprint density at radius 3 is 1.87 bits per heavy atom. The molecule has 8 rings (SSSR count). The molecule has 5 heterocycles. The zero-order chi connectivity index (χ0) is 36.6. The second-order valence-corrected chi connectivity index (χ2v) is 15.3. The third-order valence-corrected chi connectivity index (χ3v) is 11.6. The number of pyridine rings is 2. The number of hydrogen-bond acceptors (Lipinski definition) is 8. The van der Waals surface area contributed by atoms with Crippen LogP contribution in [0.2, 0.25) is 0 Å². The number of rotatable bonds is 6. The molecular formula is C40H41N5O6S. The molecule has 0 atom stereocenters. The molecule has 0 saturated heterocycles. The number of aromatic nitrogens is 3. The van der Waals surface area contributed by atoms with Gasteiger partial charge in [0.25, 0.3) is 10.0 Å². The summed E-state index contributed by atoms with van der Waals surface area (Å²) in [6.45, 7) is 9.77. The minimum absolute atomic E-state index is 0.165. The van der Waals surface area contributed by atoms with E-state index in [0.29, 0.717) is 37.4 Å². The first-order chi connectivity index (χ1) is 25.0. The van der Waals surface area contributed by atoms with Crippen LogP contribution in [0.15, 0.2) is 118 Å². The van der Waals surface area contributed by atoms with Gasteiger partial charge in [0.05, 0.1) is 22.8 Å². The highest BCUT2D eigenvalue weighted by atomic mass is 32.2. The molecule has 0 bridgehead atoms. The Bertz CT molecular complexity index is 2500. The van der Waals surface area contributed by atoms with E-state index in [2.05, 4.69) is 41.8 Å². The molecule has 0 unspecified atom stereocenters. The first-order valence-electron chi connectivity index (χ1n) is 17.2. The largest absolute Gasteiger partial charge is 0.503 e. The Kier molecular flexibility index (Phi) is 9.62. The van der Waals surface area contributed by atoms with Crippen molar-refractivity contribution in [2.45, 2.75) is 58.0 Å². The highest BCUT2D eigenvalue weighted by Crippen LogP contribution is 2.28. The molecule has 0 aliphatic carbocycles. The molecule has 3 aromatic heterocycles. The van der Waals surface area contributed by atoms with Crippen LogP contribution < -0.4 is 10.9 Å². The van der Waals surface area contributed by atoms with Gasteiger partial charge in [-0.1, -0.05) is 60.2 Å². The molecular weight excluding hydrogens is 679 g/mol. The molecule has 11 nitrogen and oxygen atoms in total. The van der Waals surface area contributed by atoms with Crippen LogP contribution in [0.25, 0.3) is 10.9 Å². The fraction of sp³-hybridized carbons (Fsp3) is 0.250. The standard InChI is InChI=1S/C23H21N3O4S.C17H20N2O2/c27-22-13-18-14-24(10-11-25(18)16-23(22)28)15-19-12-17-6-4-5-9-21(17)26(19)31(29,30)20-7-2-1-3-8-20;1-12-3-4-13(2)14(7-12)9-18-5-6-19-11-17(21)16(20)8-15(19)10-18/h1-9,12-13,16,28H,10-11,14-15H2;3-4,7-8,11,21H,5-6,9-10H2,1-2H3. The maximum atomic E-state index is 13.5. The molecule has 0 fully saturated rings. The summed E-state index contributed by atoms with van der Waals surface area (Å²) in [6.07, 6.45) is 3.01. The molecule has 3 aromatic carbocycles. The fourth-order valence-corrected chi connectivity index (χ4v) is 8.55. The van der Waals surface area contributed by atoms with E-state index in [1.807, 2.05) is 39.5 Å². The summed E-state index contributed by atoms with van der Waals surface area (Å²) < 4.78 is 32.3. The molecule has 2 N–H and O–H groups in total. The smallest absolute Gasteiger partial charge is 0.268 e. The van der Waals surface area contributed by atoms with E-state index in [1.165, 1.54) is 32.9 Å². The van der Waals surface area contributed by atoms with Gasteiger partial charge in [0.15, 0.2) is 11.5 Å². The summed E-state index contributed by atoms with van der Waals surface area (Å²) in [5, 5.41) is 20.0. The Labute approximate surface area is 301 Å². The number of fused-ring (bicyclic) bond motifs is 3. The number of hydrogen-bond donors (Lipinski definition) is 2. The van der Waals surface area contributed by atoms with Gasteiger partial charge in [-0.2, -0.15) is 0 Å². The maximum Gasteiger partial charge on any atom is 0.268 e. The molecule has 2 aliphatic rings. The van der Waals surface area contributed by atoms with Crippen LogP contribution in [-0.4, -0.2) is 54.6 Å². The summed E-state index contributed by atoms with van der Waals surface area (Å²) >= 11 is 0. The monoisotopic (exact) mass is 719 g/mol.